The van der Waals surface area contributed by atoms with E-state index in [1.165, 1.54) is 0 Å². The van der Waals surface area contributed by atoms with Crippen molar-refractivity contribution in [3.8, 4) is 17.1 Å². The number of hydrogen-bond acceptors (Lipinski definition) is 6. The first-order valence-electron chi connectivity index (χ1n) is 12.0. The Hall–Kier alpha value is -3.80. The molecule has 0 amide bonds. The molecule has 6 heteroatoms. The van der Waals surface area contributed by atoms with Crippen LogP contribution in [-0.4, -0.2) is 30.6 Å². The number of nitrogens with one attached hydrogen (secondary N) is 1. The number of ketones is 1. The summed E-state index contributed by atoms with van der Waals surface area (Å²) < 4.78 is 11.5. The first-order chi connectivity index (χ1) is 16.6. The molecule has 2 aliphatic rings. The van der Waals surface area contributed by atoms with Crippen LogP contribution in [0.2, 0.25) is 0 Å². The zero-order chi connectivity index (χ0) is 23.2. The van der Waals surface area contributed by atoms with Crippen LogP contribution in [0.15, 0.2) is 59.1 Å². The van der Waals surface area contributed by atoms with Gasteiger partial charge in [0.2, 0.25) is 0 Å². The normalized spacial score (nSPS) is 15.5. The number of carbonyl (C=O) groups is 1. The number of nitrogens with zero attached hydrogens (tertiary/aromatic N) is 2. The third kappa shape index (κ3) is 3.33. The van der Waals surface area contributed by atoms with Crippen molar-refractivity contribution in [2.45, 2.75) is 26.7 Å². The van der Waals surface area contributed by atoms with Crippen LogP contribution in [-0.2, 0) is 0 Å². The van der Waals surface area contributed by atoms with Crippen LogP contribution in [0.3, 0.4) is 0 Å². The predicted octanol–water partition coefficient (Wildman–Crippen LogP) is 6.42. The van der Waals surface area contributed by atoms with Crippen LogP contribution >= 0.6 is 0 Å². The summed E-state index contributed by atoms with van der Waals surface area (Å²) >= 11 is 0. The predicted molar refractivity (Wildman–Crippen MR) is 134 cm³/mol. The maximum atomic E-state index is 13.7. The average molecular weight is 454 g/mol. The second kappa shape index (κ2) is 8.20. The third-order valence-electron chi connectivity index (χ3n) is 6.95. The Morgan fingerprint density at radius 1 is 1.09 bits per heavy atom. The number of rotatable bonds is 5. The number of fused-ring (bicyclic) bond motifs is 2. The Bertz CT molecular complexity index is 1380. The first kappa shape index (κ1) is 20.8. The van der Waals surface area contributed by atoms with Gasteiger partial charge in [0, 0.05) is 29.9 Å². The summed E-state index contributed by atoms with van der Waals surface area (Å²) in [6.45, 7) is 6.82. The van der Waals surface area contributed by atoms with Gasteiger partial charge in [0.1, 0.15) is 11.3 Å². The fourth-order valence-corrected chi connectivity index (χ4v) is 5.09. The average Bonchev–Trinajstić information content (AvgIpc) is 3.30. The first-order valence-corrected chi connectivity index (χ1v) is 12.0. The molecule has 0 radical (unpaired) electrons. The van der Waals surface area contributed by atoms with E-state index < -0.39 is 0 Å². The van der Waals surface area contributed by atoms with Crippen molar-refractivity contribution in [1.29, 1.82) is 0 Å². The molecular weight excluding hydrogens is 426 g/mol. The Balaban J connectivity index is 1.52. The maximum absolute atomic E-state index is 13.7. The summed E-state index contributed by atoms with van der Waals surface area (Å²) in [5.41, 5.74) is 5.51. The van der Waals surface area contributed by atoms with E-state index in [1.54, 1.807) is 0 Å². The lowest BCUT2D eigenvalue weighted by atomic mass is 9.86. The van der Waals surface area contributed by atoms with Crippen LogP contribution in [0.25, 0.3) is 22.2 Å². The Morgan fingerprint density at radius 3 is 2.56 bits per heavy atom. The molecule has 0 bridgehead atoms. The van der Waals surface area contributed by atoms with Gasteiger partial charge in [-0.1, -0.05) is 36.3 Å². The lowest BCUT2D eigenvalue weighted by Crippen LogP contribution is -2.33. The highest BCUT2D eigenvalue weighted by Crippen LogP contribution is 2.46. The van der Waals surface area contributed by atoms with Gasteiger partial charge in [-0.3, -0.25) is 4.79 Å². The van der Waals surface area contributed by atoms with Crippen molar-refractivity contribution in [2.24, 2.45) is 5.92 Å². The lowest BCUT2D eigenvalue weighted by molar-refractivity contribution is 0.104. The van der Waals surface area contributed by atoms with E-state index in [4.69, 9.17) is 9.26 Å². The molecule has 1 aliphatic heterocycles. The fourth-order valence-electron chi connectivity index (χ4n) is 5.09. The second-order valence-electron chi connectivity index (χ2n) is 9.18. The van der Waals surface area contributed by atoms with E-state index >= 15 is 0 Å². The molecule has 1 saturated heterocycles. The van der Waals surface area contributed by atoms with Gasteiger partial charge in [-0.15, -0.1) is 0 Å². The van der Waals surface area contributed by atoms with E-state index in [-0.39, 0.29) is 5.78 Å². The zero-order valence-corrected chi connectivity index (χ0v) is 19.4. The smallest absolute Gasteiger partial charge is 0.196 e. The molecule has 1 aromatic heterocycles. The molecule has 4 aromatic rings. The van der Waals surface area contributed by atoms with Gasteiger partial charge < -0.3 is 19.5 Å². The molecule has 3 aromatic carbocycles. The zero-order valence-electron chi connectivity index (χ0n) is 19.4. The van der Waals surface area contributed by atoms with Crippen molar-refractivity contribution >= 4 is 33.7 Å². The van der Waals surface area contributed by atoms with Crippen molar-refractivity contribution in [3.63, 3.8) is 0 Å². The molecule has 0 atom stereocenters. The SMILES string of the molecule is CCOc1ccc(Nc2cc(N3CCC(C)CC3)c3noc4c3c2C(=O)c2ccccc2-4)cc1. The lowest BCUT2D eigenvalue weighted by Gasteiger charge is -2.33. The number of hydrogen-bond donors (Lipinski definition) is 1. The third-order valence-corrected chi connectivity index (χ3v) is 6.95. The summed E-state index contributed by atoms with van der Waals surface area (Å²) in [5.74, 6) is 2.19. The summed E-state index contributed by atoms with van der Waals surface area (Å²) in [6.07, 6.45) is 2.27. The standard InChI is InChI=1S/C28H27N3O3/c1-3-33-19-10-8-18(9-11-19)29-22-16-23(31-14-12-17(2)13-15-31)26-25-24(22)27(32)20-6-4-5-7-21(20)28(25)34-30-26/h4-11,16-17,29H,3,12-15H2,1-2H3. The van der Waals surface area contributed by atoms with Gasteiger partial charge in [-0.05, 0) is 56.0 Å². The number of anilines is 3. The minimum atomic E-state index is -0.0106. The largest absolute Gasteiger partial charge is 0.494 e. The minimum absolute atomic E-state index is 0.0106. The van der Waals surface area contributed by atoms with Crippen LogP contribution in [0.4, 0.5) is 17.1 Å². The molecule has 2 heterocycles. The molecule has 6 nitrogen and oxygen atoms in total. The molecule has 1 fully saturated rings. The minimum Gasteiger partial charge on any atom is -0.494 e. The summed E-state index contributed by atoms with van der Waals surface area (Å²) in [4.78, 5) is 16.1. The highest BCUT2D eigenvalue weighted by Gasteiger charge is 2.34. The topological polar surface area (TPSA) is 67.6 Å². The molecule has 1 N–H and O–H groups in total. The second-order valence-corrected chi connectivity index (χ2v) is 9.18. The number of ether oxygens (including phenoxy) is 1. The van der Waals surface area contributed by atoms with Crippen LogP contribution in [0, 0.1) is 5.92 Å². The number of benzene rings is 3. The van der Waals surface area contributed by atoms with Gasteiger partial charge >= 0.3 is 0 Å². The molecule has 1 aliphatic carbocycles. The summed E-state index contributed by atoms with van der Waals surface area (Å²) in [5, 5.41) is 8.80. The summed E-state index contributed by atoms with van der Waals surface area (Å²) in [6, 6.07) is 17.5. The van der Waals surface area contributed by atoms with E-state index in [9.17, 15) is 4.79 Å². The van der Waals surface area contributed by atoms with Crippen molar-refractivity contribution in [3.05, 3.63) is 65.7 Å². The highest BCUT2D eigenvalue weighted by molar-refractivity contribution is 6.28. The highest BCUT2D eigenvalue weighted by atomic mass is 16.5. The number of carbonyl (C=O) groups excluding carboxylic acids is 1. The van der Waals surface area contributed by atoms with Gasteiger partial charge in [0.05, 0.1) is 28.9 Å². The quantitative estimate of drug-likeness (QED) is 0.331. The molecule has 0 saturated carbocycles. The van der Waals surface area contributed by atoms with E-state index in [2.05, 4.69) is 28.4 Å². The number of piperidine rings is 1. The van der Waals surface area contributed by atoms with E-state index in [0.717, 1.165) is 65.2 Å². The van der Waals surface area contributed by atoms with Crippen LogP contribution < -0.4 is 15.0 Å². The van der Waals surface area contributed by atoms with Crippen molar-refractivity contribution in [1.82, 2.24) is 5.16 Å². The van der Waals surface area contributed by atoms with Crippen molar-refractivity contribution < 1.29 is 14.1 Å². The van der Waals surface area contributed by atoms with Gasteiger partial charge in [0.15, 0.2) is 11.5 Å². The van der Waals surface area contributed by atoms with Gasteiger partial charge in [-0.2, -0.15) is 0 Å². The Kier molecular flexibility index (Phi) is 5.01. The van der Waals surface area contributed by atoms with E-state index in [1.807, 2.05) is 55.5 Å². The fraction of sp³-hybridized carbons (Fsp3) is 0.286. The number of aromatic nitrogens is 1. The molecule has 34 heavy (non-hydrogen) atoms. The summed E-state index contributed by atoms with van der Waals surface area (Å²) in [7, 11) is 0. The van der Waals surface area contributed by atoms with E-state index in [0.29, 0.717) is 29.4 Å². The van der Waals surface area contributed by atoms with Crippen LogP contribution in [0.1, 0.15) is 42.6 Å². The maximum Gasteiger partial charge on any atom is 0.196 e. The Labute approximate surface area is 198 Å². The molecule has 0 spiro atoms. The van der Waals surface area contributed by atoms with Gasteiger partial charge in [0.25, 0.3) is 0 Å². The monoisotopic (exact) mass is 453 g/mol. The van der Waals surface area contributed by atoms with Crippen molar-refractivity contribution in [2.75, 3.05) is 29.9 Å². The Morgan fingerprint density at radius 2 is 1.82 bits per heavy atom. The molecular formula is C28H27N3O3. The molecule has 6 rings (SSSR count). The van der Waals surface area contributed by atoms with Gasteiger partial charge in [-0.25, -0.2) is 0 Å². The van der Waals surface area contributed by atoms with Crippen LogP contribution in [0.5, 0.6) is 5.75 Å². The molecule has 172 valence electrons. The molecule has 0 unspecified atom stereocenters.